The number of carbonyl (C=O) groups is 1. The van der Waals surface area contributed by atoms with Crippen molar-refractivity contribution in [2.45, 2.75) is 63.3 Å². The minimum absolute atomic E-state index is 0.0621. The van der Waals surface area contributed by atoms with E-state index in [4.69, 9.17) is 0 Å². The van der Waals surface area contributed by atoms with Gasteiger partial charge in [-0.1, -0.05) is 0 Å². The maximum Gasteiger partial charge on any atom is 0.279 e. The number of nitrogens with zero attached hydrogens (tertiary/aromatic N) is 2. The Hall–Kier alpha value is -2.51. The Morgan fingerprint density at radius 1 is 1.07 bits per heavy atom. The van der Waals surface area contributed by atoms with Gasteiger partial charge in [0, 0.05) is 24.6 Å². The van der Waals surface area contributed by atoms with Crippen LogP contribution in [-0.4, -0.2) is 21.3 Å². The number of carbonyl (C=O) groups excluding carboxylic acids is 1. The van der Waals surface area contributed by atoms with Crippen molar-refractivity contribution in [1.82, 2.24) is 5.32 Å². The van der Waals surface area contributed by atoms with Gasteiger partial charge in [0.1, 0.15) is 5.56 Å². The van der Waals surface area contributed by atoms with Crippen LogP contribution >= 0.6 is 0 Å². The Morgan fingerprint density at radius 2 is 1.59 bits per heavy atom. The first-order valence-electron chi connectivity index (χ1n) is 9.36. The van der Waals surface area contributed by atoms with Crippen LogP contribution in [0.4, 0.5) is 11.4 Å². The molecule has 4 saturated carbocycles. The van der Waals surface area contributed by atoms with Crippen LogP contribution in [0.5, 0.6) is 0 Å². The van der Waals surface area contributed by atoms with Gasteiger partial charge in [-0.15, -0.1) is 0 Å². The van der Waals surface area contributed by atoms with E-state index in [-0.39, 0.29) is 33.8 Å². The Bertz CT molecular complexity index is 816. The summed E-state index contributed by atoms with van der Waals surface area (Å²) < 4.78 is 0. The molecule has 1 amide bonds. The fourth-order valence-corrected chi connectivity index (χ4v) is 6.49. The lowest BCUT2D eigenvalue weighted by Crippen LogP contribution is -2.64. The molecule has 144 valence electrons. The molecule has 2 atom stereocenters. The Balaban J connectivity index is 1.84. The molecule has 4 fully saturated rings. The van der Waals surface area contributed by atoms with Crippen molar-refractivity contribution < 1.29 is 14.6 Å². The summed E-state index contributed by atoms with van der Waals surface area (Å²) >= 11 is 0. The van der Waals surface area contributed by atoms with Crippen LogP contribution in [0.15, 0.2) is 12.1 Å². The summed E-state index contributed by atoms with van der Waals surface area (Å²) in [6, 6.07) is 3.08. The molecule has 1 aromatic carbocycles. The fraction of sp³-hybridized carbons (Fsp3) is 0.632. The molecule has 0 aliphatic heterocycles. The fourth-order valence-electron chi connectivity index (χ4n) is 6.49. The Kier molecular flexibility index (Phi) is 3.80. The standard InChI is InChI=1S/C19H23N3O5/c1-11-16(21(24)25)4-15(5-17(11)22(26)27)18-6-13-3-14(7-18)9-19(8-13,10-18)20-12(2)23/h4-5,13-14H,3,6-10H2,1-2H3,(H,20,23)/t13-,14-,18?,19?/m1/s1. The third kappa shape index (κ3) is 2.78. The molecule has 0 saturated heterocycles. The van der Waals surface area contributed by atoms with E-state index in [9.17, 15) is 25.0 Å². The first-order valence-corrected chi connectivity index (χ1v) is 9.36. The molecular weight excluding hydrogens is 350 g/mol. The molecule has 27 heavy (non-hydrogen) atoms. The van der Waals surface area contributed by atoms with Gasteiger partial charge >= 0.3 is 0 Å². The average Bonchev–Trinajstić information content (AvgIpc) is 2.51. The second-order valence-corrected chi connectivity index (χ2v) is 8.86. The topological polar surface area (TPSA) is 115 Å². The second kappa shape index (κ2) is 5.74. The zero-order valence-corrected chi connectivity index (χ0v) is 15.5. The molecule has 0 heterocycles. The van der Waals surface area contributed by atoms with Gasteiger partial charge < -0.3 is 5.32 Å². The minimum Gasteiger partial charge on any atom is -0.351 e. The van der Waals surface area contributed by atoms with Crippen molar-refractivity contribution in [3.63, 3.8) is 0 Å². The normalized spacial score (nSPS) is 33.7. The molecule has 4 aliphatic carbocycles. The minimum atomic E-state index is -0.532. The third-order valence-electron chi connectivity index (χ3n) is 6.86. The summed E-state index contributed by atoms with van der Waals surface area (Å²) in [6.45, 7) is 2.95. The summed E-state index contributed by atoms with van der Waals surface area (Å²) in [5.41, 5.74) is -0.224. The predicted molar refractivity (Wildman–Crippen MR) is 97.4 cm³/mol. The monoisotopic (exact) mass is 373 g/mol. The van der Waals surface area contributed by atoms with Crippen molar-refractivity contribution in [3.8, 4) is 0 Å². The number of hydrogen-bond acceptors (Lipinski definition) is 5. The van der Waals surface area contributed by atoms with E-state index in [0.29, 0.717) is 23.8 Å². The SMILES string of the molecule is CC(=O)NC12C[C@@H]3C[C@@H](C1)CC(c1cc([N+](=O)[O-])c(C)c([N+](=O)[O-])c1)(C3)C2. The van der Waals surface area contributed by atoms with E-state index in [0.717, 1.165) is 32.1 Å². The Labute approximate surface area is 156 Å². The lowest BCUT2D eigenvalue weighted by Gasteiger charge is -2.62. The molecule has 1 aromatic rings. The zero-order valence-electron chi connectivity index (χ0n) is 15.5. The van der Waals surface area contributed by atoms with Gasteiger partial charge in [-0.2, -0.15) is 0 Å². The highest BCUT2D eigenvalue weighted by atomic mass is 16.6. The Morgan fingerprint density at radius 3 is 2.04 bits per heavy atom. The molecule has 0 unspecified atom stereocenters. The van der Waals surface area contributed by atoms with Crippen LogP contribution in [0.25, 0.3) is 0 Å². The van der Waals surface area contributed by atoms with Crippen molar-refractivity contribution in [2.75, 3.05) is 0 Å². The maximum atomic E-state index is 11.8. The van der Waals surface area contributed by atoms with Gasteiger partial charge in [0.25, 0.3) is 11.4 Å². The first kappa shape index (κ1) is 17.9. The van der Waals surface area contributed by atoms with Crippen LogP contribution in [-0.2, 0) is 10.2 Å². The number of nitro benzene ring substituents is 2. The van der Waals surface area contributed by atoms with Gasteiger partial charge in [-0.25, -0.2) is 0 Å². The van der Waals surface area contributed by atoms with Crippen LogP contribution < -0.4 is 5.32 Å². The summed E-state index contributed by atoms with van der Waals surface area (Å²) in [5.74, 6) is 0.822. The number of benzene rings is 1. The second-order valence-electron chi connectivity index (χ2n) is 8.86. The summed E-state index contributed by atoms with van der Waals surface area (Å²) in [4.78, 5) is 33.8. The molecule has 4 bridgehead atoms. The smallest absolute Gasteiger partial charge is 0.279 e. The van der Waals surface area contributed by atoms with E-state index >= 15 is 0 Å². The quantitative estimate of drug-likeness (QED) is 0.640. The number of nitrogens with one attached hydrogen (secondary N) is 1. The molecule has 0 aromatic heterocycles. The van der Waals surface area contributed by atoms with Crippen LogP contribution in [0.1, 0.15) is 56.6 Å². The van der Waals surface area contributed by atoms with E-state index in [1.165, 1.54) is 26.0 Å². The van der Waals surface area contributed by atoms with E-state index in [1.54, 1.807) is 0 Å². The number of nitro groups is 2. The van der Waals surface area contributed by atoms with Gasteiger partial charge in [-0.3, -0.25) is 25.0 Å². The average molecular weight is 373 g/mol. The van der Waals surface area contributed by atoms with Crippen LogP contribution in [0.2, 0.25) is 0 Å². The zero-order chi connectivity index (χ0) is 19.6. The molecule has 4 aliphatic rings. The van der Waals surface area contributed by atoms with Crippen molar-refractivity contribution >= 4 is 17.3 Å². The number of hydrogen-bond donors (Lipinski definition) is 1. The highest BCUT2D eigenvalue weighted by Gasteiger charge is 2.59. The molecule has 8 nitrogen and oxygen atoms in total. The van der Waals surface area contributed by atoms with Crippen LogP contribution in [0.3, 0.4) is 0 Å². The molecular formula is C19H23N3O5. The predicted octanol–water partition coefficient (Wildman–Crippen LogP) is 3.54. The number of rotatable bonds is 4. The van der Waals surface area contributed by atoms with Crippen LogP contribution in [0, 0.1) is 39.0 Å². The molecule has 8 heteroatoms. The molecule has 5 rings (SSSR count). The largest absolute Gasteiger partial charge is 0.351 e. The molecule has 1 N–H and O–H groups in total. The van der Waals surface area contributed by atoms with Crippen molar-refractivity contribution in [3.05, 3.63) is 43.5 Å². The highest BCUT2D eigenvalue weighted by Crippen LogP contribution is 2.62. The van der Waals surface area contributed by atoms with Crippen molar-refractivity contribution in [2.24, 2.45) is 11.8 Å². The van der Waals surface area contributed by atoms with E-state index in [1.807, 2.05) is 0 Å². The van der Waals surface area contributed by atoms with Gasteiger partial charge in [-0.05, 0) is 68.3 Å². The number of amides is 1. The van der Waals surface area contributed by atoms with Crippen molar-refractivity contribution in [1.29, 1.82) is 0 Å². The summed E-state index contributed by atoms with van der Waals surface area (Å²) in [6.07, 6.45) is 5.43. The van der Waals surface area contributed by atoms with Gasteiger partial charge in [0.2, 0.25) is 5.91 Å². The summed E-state index contributed by atoms with van der Waals surface area (Å²) in [5, 5.41) is 26.2. The third-order valence-corrected chi connectivity index (χ3v) is 6.86. The maximum absolute atomic E-state index is 11.8. The molecule has 0 radical (unpaired) electrons. The van der Waals surface area contributed by atoms with E-state index < -0.39 is 9.85 Å². The summed E-state index contributed by atoms with van der Waals surface area (Å²) in [7, 11) is 0. The van der Waals surface area contributed by atoms with Gasteiger partial charge in [0.15, 0.2) is 0 Å². The van der Waals surface area contributed by atoms with E-state index in [2.05, 4.69) is 5.32 Å². The molecule has 0 spiro atoms. The lowest BCUT2D eigenvalue weighted by molar-refractivity contribution is -0.395. The lowest BCUT2D eigenvalue weighted by atomic mass is 9.45. The highest BCUT2D eigenvalue weighted by molar-refractivity contribution is 5.74. The first-order chi connectivity index (χ1) is 12.6. The van der Waals surface area contributed by atoms with Gasteiger partial charge in [0.05, 0.1) is 9.85 Å².